The SMILES string of the molecule is Cc1ccc(-c2nnc3n2CCCCC3)cc1NC(=O)C1CC1c1ccc(F)cc1. The Labute approximate surface area is 175 Å². The van der Waals surface area contributed by atoms with Crippen LogP contribution in [0.2, 0.25) is 0 Å². The molecule has 2 unspecified atom stereocenters. The van der Waals surface area contributed by atoms with Crippen LogP contribution in [0.5, 0.6) is 0 Å². The number of amides is 1. The van der Waals surface area contributed by atoms with E-state index in [0.29, 0.717) is 0 Å². The Balaban J connectivity index is 1.34. The zero-order valence-electron chi connectivity index (χ0n) is 17.1. The highest BCUT2D eigenvalue weighted by Gasteiger charge is 2.44. The van der Waals surface area contributed by atoms with E-state index in [2.05, 4.69) is 20.1 Å². The van der Waals surface area contributed by atoms with Gasteiger partial charge in [0.2, 0.25) is 5.91 Å². The summed E-state index contributed by atoms with van der Waals surface area (Å²) in [6, 6.07) is 12.5. The van der Waals surface area contributed by atoms with Gasteiger partial charge in [-0.15, -0.1) is 10.2 Å². The fourth-order valence-electron chi connectivity index (χ4n) is 4.38. The van der Waals surface area contributed by atoms with Crippen LogP contribution in [0.3, 0.4) is 0 Å². The number of fused-ring (bicyclic) bond motifs is 1. The van der Waals surface area contributed by atoms with Crippen molar-refractivity contribution in [1.29, 1.82) is 0 Å². The minimum absolute atomic E-state index is 0.0182. The van der Waals surface area contributed by atoms with Crippen molar-refractivity contribution >= 4 is 11.6 Å². The third-order valence-electron chi connectivity index (χ3n) is 6.29. The highest BCUT2D eigenvalue weighted by atomic mass is 19.1. The van der Waals surface area contributed by atoms with Gasteiger partial charge in [0.1, 0.15) is 11.6 Å². The van der Waals surface area contributed by atoms with E-state index in [1.165, 1.54) is 18.6 Å². The lowest BCUT2D eigenvalue weighted by atomic mass is 10.1. The third kappa shape index (κ3) is 3.62. The van der Waals surface area contributed by atoms with E-state index in [4.69, 9.17) is 0 Å². The Hall–Kier alpha value is -3.02. The number of benzene rings is 2. The van der Waals surface area contributed by atoms with Crippen molar-refractivity contribution in [3.8, 4) is 11.4 Å². The number of hydrogen-bond acceptors (Lipinski definition) is 3. The van der Waals surface area contributed by atoms with Gasteiger partial charge in [-0.2, -0.15) is 0 Å². The van der Waals surface area contributed by atoms with Crippen LogP contribution in [0.1, 0.15) is 48.6 Å². The van der Waals surface area contributed by atoms with Gasteiger partial charge in [0.05, 0.1) is 0 Å². The molecule has 0 bridgehead atoms. The molecule has 2 aliphatic rings. The number of halogens is 1. The first-order chi connectivity index (χ1) is 14.6. The fourth-order valence-corrected chi connectivity index (χ4v) is 4.38. The summed E-state index contributed by atoms with van der Waals surface area (Å²) >= 11 is 0. The van der Waals surface area contributed by atoms with E-state index in [1.54, 1.807) is 12.1 Å². The van der Waals surface area contributed by atoms with Gasteiger partial charge in [-0.05, 0) is 61.4 Å². The Bertz CT molecular complexity index is 1090. The maximum absolute atomic E-state index is 13.1. The van der Waals surface area contributed by atoms with Crippen LogP contribution in [0, 0.1) is 18.7 Å². The Morgan fingerprint density at radius 2 is 1.93 bits per heavy atom. The molecule has 0 saturated heterocycles. The largest absolute Gasteiger partial charge is 0.326 e. The molecule has 1 aliphatic heterocycles. The number of carbonyl (C=O) groups excluding carboxylic acids is 1. The molecule has 1 aliphatic carbocycles. The Morgan fingerprint density at radius 1 is 1.10 bits per heavy atom. The molecule has 5 rings (SSSR count). The minimum Gasteiger partial charge on any atom is -0.326 e. The van der Waals surface area contributed by atoms with Crippen LogP contribution in [-0.4, -0.2) is 20.7 Å². The van der Waals surface area contributed by atoms with Crippen LogP contribution in [0.25, 0.3) is 11.4 Å². The van der Waals surface area contributed by atoms with Crippen molar-refractivity contribution in [2.45, 2.75) is 51.5 Å². The number of aromatic nitrogens is 3. The van der Waals surface area contributed by atoms with Gasteiger partial charge >= 0.3 is 0 Å². The molecule has 154 valence electrons. The second-order valence-electron chi connectivity index (χ2n) is 8.42. The molecule has 30 heavy (non-hydrogen) atoms. The molecule has 3 aromatic rings. The van der Waals surface area contributed by atoms with E-state index in [0.717, 1.165) is 66.3 Å². The Kier molecular flexibility index (Phi) is 4.85. The van der Waals surface area contributed by atoms with Crippen LogP contribution < -0.4 is 5.32 Å². The number of aryl methyl sites for hydroxylation is 2. The molecule has 1 N–H and O–H groups in total. The number of rotatable bonds is 4. The first-order valence-electron chi connectivity index (χ1n) is 10.7. The molecule has 2 aromatic carbocycles. The zero-order valence-corrected chi connectivity index (χ0v) is 17.1. The maximum Gasteiger partial charge on any atom is 0.228 e. The van der Waals surface area contributed by atoms with Crippen LogP contribution in [0.15, 0.2) is 42.5 Å². The quantitative estimate of drug-likeness (QED) is 0.675. The average molecular weight is 404 g/mol. The van der Waals surface area contributed by atoms with E-state index in [1.807, 2.05) is 25.1 Å². The highest BCUT2D eigenvalue weighted by Crippen LogP contribution is 2.48. The van der Waals surface area contributed by atoms with Crippen LogP contribution in [0.4, 0.5) is 10.1 Å². The van der Waals surface area contributed by atoms with Gasteiger partial charge in [0.25, 0.3) is 0 Å². The van der Waals surface area contributed by atoms with E-state index >= 15 is 0 Å². The predicted octanol–water partition coefficient (Wildman–Crippen LogP) is 4.86. The fraction of sp³-hybridized carbons (Fsp3) is 0.375. The van der Waals surface area contributed by atoms with Gasteiger partial charge in [0, 0.05) is 30.1 Å². The maximum atomic E-state index is 13.1. The number of nitrogens with one attached hydrogen (secondary N) is 1. The van der Waals surface area contributed by atoms with Crippen molar-refractivity contribution < 1.29 is 9.18 Å². The summed E-state index contributed by atoms with van der Waals surface area (Å²) in [7, 11) is 0. The number of nitrogens with zero attached hydrogens (tertiary/aromatic N) is 3. The molecule has 1 saturated carbocycles. The summed E-state index contributed by atoms with van der Waals surface area (Å²) in [6.45, 7) is 2.93. The van der Waals surface area contributed by atoms with Crippen molar-refractivity contribution in [2.24, 2.45) is 5.92 Å². The number of anilines is 1. The zero-order chi connectivity index (χ0) is 20.7. The predicted molar refractivity (Wildman–Crippen MR) is 114 cm³/mol. The first-order valence-corrected chi connectivity index (χ1v) is 10.7. The number of hydrogen-bond donors (Lipinski definition) is 1. The summed E-state index contributed by atoms with van der Waals surface area (Å²) in [5.41, 5.74) is 3.82. The average Bonchev–Trinajstić information content (AvgIpc) is 3.50. The van der Waals surface area contributed by atoms with E-state index in [-0.39, 0.29) is 23.6 Å². The van der Waals surface area contributed by atoms with Gasteiger partial charge in [-0.1, -0.05) is 30.7 Å². The molecule has 1 amide bonds. The molecular formula is C24H25FN4O. The lowest BCUT2D eigenvalue weighted by Gasteiger charge is -2.12. The van der Waals surface area contributed by atoms with Crippen molar-refractivity contribution in [2.75, 3.05) is 5.32 Å². The Morgan fingerprint density at radius 3 is 2.77 bits per heavy atom. The summed E-state index contributed by atoms with van der Waals surface area (Å²) in [4.78, 5) is 12.8. The summed E-state index contributed by atoms with van der Waals surface area (Å²) in [5, 5.41) is 11.9. The molecular weight excluding hydrogens is 379 g/mol. The normalized spacial score (nSPS) is 20.3. The van der Waals surface area contributed by atoms with Crippen molar-refractivity contribution in [3.63, 3.8) is 0 Å². The third-order valence-corrected chi connectivity index (χ3v) is 6.29. The monoisotopic (exact) mass is 404 g/mol. The standard InChI is InChI=1S/C24H25FN4O/c1-15-6-7-17(23-28-27-22-5-3-2-4-12-29(22)23)13-21(15)26-24(30)20-14-19(20)16-8-10-18(25)11-9-16/h6-11,13,19-20H,2-5,12,14H2,1H3,(H,26,30). The highest BCUT2D eigenvalue weighted by molar-refractivity contribution is 5.96. The second kappa shape index (κ2) is 7.67. The molecule has 1 aromatic heterocycles. The van der Waals surface area contributed by atoms with Crippen LogP contribution in [-0.2, 0) is 17.8 Å². The summed E-state index contributed by atoms with van der Waals surface area (Å²) in [6.07, 6.45) is 5.28. The minimum atomic E-state index is -0.251. The first kappa shape index (κ1) is 19.0. The molecule has 5 nitrogen and oxygen atoms in total. The van der Waals surface area contributed by atoms with Gasteiger partial charge in [-0.3, -0.25) is 4.79 Å². The molecule has 6 heteroatoms. The summed E-state index contributed by atoms with van der Waals surface area (Å²) < 4.78 is 15.4. The van der Waals surface area contributed by atoms with Crippen molar-refractivity contribution in [1.82, 2.24) is 14.8 Å². The lowest BCUT2D eigenvalue weighted by molar-refractivity contribution is -0.117. The van der Waals surface area contributed by atoms with Gasteiger partial charge < -0.3 is 9.88 Å². The van der Waals surface area contributed by atoms with E-state index in [9.17, 15) is 9.18 Å². The second-order valence-corrected chi connectivity index (χ2v) is 8.42. The van der Waals surface area contributed by atoms with E-state index < -0.39 is 0 Å². The summed E-state index contributed by atoms with van der Waals surface area (Å²) in [5.74, 6) is 1.79. The van der Waals surface area contributed by atoms with Gasteiger partial charge in [-0.25, -0.2) is 4.39 Å². The van der Waals surface area contributed by atoms with Gasteiger partial charge in [0.15, 0.2) is 5.82 Å². The molecule has 2 heterocycles. The molecule has 0 spiro atoms. The lowest BCUT2D eigenvalue weighted by Crippen LogP contribution is -2.15. The van der Waals surface area contributed by atoms with Crippen LogP contribution >= 0.6 is 0 Å². The smallest absolute Gasteiger partial charge is 0.228 e. The van der Waals surface area contributed by atoms with Crippen molar-refractivity contribution in [3.05, 3.63) is 65.2 Å². The molecule has 0 radical (unpaired) electrons. The number of carbonyl (C=O) groups is 1. The molecule has 1 fully saturated rings. The topological polar surface area (TPSA) is 59.8 Å². The molecule has 2 atom stereocenters.